The summed E-state index contributed by atoms with van der Waals surface area (Å²) >= 11 is 0. The molecule has 0 bridgehead atoms. The molecule has 0 radical (unpaired) electrons. The first-order chi connectivity index (χ1) is 9.49. The number of aromatic amines is 1. The van der Waals surface area contributed by atoms with Gasteiger partial charge in [-0.05, 0) is 32.9 Å². The lowest BCUT2D eigenvalue weighted by Crippen LogP contribution is -2.47. The van der Waals surface area contributed by atoms with Gasteiger partial charge in [0.05, 0.1) is 18.5 Å². The van der Waals surface area contributed by atoms with Crippen LogP contribution in [0.15, 0.2) is 11.1 Å². The van der Waals surface area contributed by atoms with E-state index in [2.05, 4.69) is 20.2 Å². The standard InChI is InChI=1S/C12H22N4O3S.ClH/c1-10-11(7-14-16-10)20(17,18)15-8-12(9-19-2)3-5-13-6-4-12;/h7,13,15H,3-6,8-9H2,1-2H3,(H,14,16);1H. The molecule has 9 heteroatoms. The fourth-order valence-corrected chi connectivity index (χ4v) is 3.86. The number of H-pyrrole nitrogens is 1. The zero-order valence-corrected chi connectivity index (χ0v) is 13.9. The van der Waals surface area contributed by atoms with Crippen LogP contribution in [-0.4, -0.2) is 52.0 Å². The Morgan fingerprint density at radius 3 is 2.62 bits per heavy atom. The quantitative estimate of drug-likeness (QED) is 0.699. The number of nitrogens with one attached hydrogen (secondary N) is 3. The van der Waals surface area contributed by atoms with Crippen LogP contribution in [0.3, 0.4) is 0 Å². The number of hydrogen-bond acceptors (Lipinski definition) is 5. The third-order valence-corrected chi connectivity index (χ3v) is 5.34. The van der Waals surface area contributed by atoms with Crippen LogP contribution >= 0.6 is 12.4 Å². The van der Waals surface area contributed by atoms with Gasteiger partial charge in [0.1, 0.15) is 4.90 Å². The number of aryl methyl sites for hydroxylation is 1. The Balaban J connectivity index is 0.00000220. The summed E-state index contributed by atoms with van der Waals surface area (Å²) in [6, 6.07) is 0. The molecule has 1 aliphatic heterocycles. The van der Waals surface area contributed by atoms with Crippen LogP contribution in [0.1, 0.15) is 18.5 Å². The van der Waals surface area contributed by atoms with Crippen LogP contribution in [0.25, 0.3) is 0 Å². The summed E-state index contributed by atoms with van der Waals surface area (Å²) in [6.07, 6.45) is 3.13. The van der Waals surface area contributed by atoms with Gasteiger partial charge in [-0.25, -0.2) is 13.1 Å². The molecular formula is C12H23ClN4O3S. The highest BCUT2D eigenvalue weighted by molar-refractivity contribution is 7.89. The van der Waals surface area contributed by atoms with Crippen LogP contribution in [-0.2, 0) is 14.8 Å². The molecule has 0 unspecified atom stereocenters. The molecule has 21 heavy (non-hydrogen) atoms. The second kappa shape index (κ2) is 7.55. The molecule has 1 aromatic rings. The highest BCUT2D eigenvalue weighted by Gasteiger charge is 2.34. The van der Waals surface area contributed by atoms with Crippen LogP contribution in [0.4, 0.5) is 0 Å². The molecular weight excluding hydrogens is 316 g/mol. The third-order valence-electron chi connectivity index (χ3n) is 3.83. The minimum atomic E-state index is -3.52. The smallest absolute Gasteiger partial charge is 0.243 e. The molecule has 0 saturated carbocycles. The van der Waals surface area contributed by atoms with Gasteiger partial charge < -0.3 is 10.1 Å². The summed E-state index contributed by atoms with van der Waals surface area (Å²) in [4.78, 5) is 0.207. The van der Waals surface area contributed by atoms with Crippen LogP contribution < -0.4 is 10.0 Å². The van der Waals surface area contributed by atoms with E-state index >= 15 is 0 Å². The Morgan fingerprint density at radius 2 is 2.10 bits per heavy atom. The first kappa shape index (κ1) is 18.4. The number of nitrogens with zero attached hydrogens (tertiary/aromatic N) is 1. The molecule has 0 spiro atoms. The fourth-order valence-electron chi connectivity index (χ4n) is 2.57. The Labute approximate surface area is 131 Å². The number of piperidine rings is 1. The van der Waals surface area contributed by atoms with Gasteiger partial charge in [-0.2, -0.15) is 5.10 Å². The van der Waals surface area contributed by atoms with Crippen molar-refractivity contribution in [3.63, 3.8) is 0 Å². The molecule has 7 nitrogen and oxygen atoms in total. The van der Waals surface area contributed by atoms with Crippen molar-refractivity contribution in [1.82, 2.24) is 20.2 Å². The van der Waals surface area contributed by atoms with Crippen LogP contribution in [0.5, 0.6) is 0 Å². The lowest BCUT2D eigenvalue weighted by molar-refractivity contribution is 0.0577. The van der Waals surface area contributed by atoms with E-state index in [1.807, 2.05) is 0 Å². The number of hydrogen-bond donors (Lipinski definition) is 3. The van der Waals surface area contributed by atoms with E-state index in [0.717, 1.165) is 25.9 Å². The first-order valence-electron chi connectivity index (χ1n) is 6.68. The Hall–Kier alpha value is -0.670. The van der Waals surface area contributed by atoms with Crippen molar-refractivity contribution in [2.45, 2.75) is 24.7 Å². The van der Waals surface area contributed by atoms with Crippen molar-refractivity contribution in [3.8, 4) is 0 Å². The van der Waals surface area contributed by atoms with Crippen molar-refractivity contribution in [3.05, 3.63) is 11.9 Å². The van der Waals surface area contributed by atoms with Gasteiger partial charge in [0.15, 0.2) is 0 Å². The number of rotatable bonds is 6. The zero-order valence-electron chi connectivity index (χ0n) is 12.3. The van der Waals surface area contributed by atoms with Gasteiger partial charge in [-0.1, -0.05) is 0 Å². The van der Waals surface area contributed by atoms with Crippen molar-refractivity contribution in [2.24, 2.45) is 5.41 Å². The molecule has 2 heterocycles. The van der Waals surface area contributed by atoms with Gasteiger partial charge in [0.2, 0.25) is 10.0 Å². The maximum Gasteiger partial charge on any atom is 0.243 e. The highest BCUT2D eigenvalue weighted by Crippen LogP contribution is 2.29. The monoisotopic (exact) mass is 338 g/mol. The molecule has 1 fully saturated rings. The predicted octanol–water partition coefficient (Wildman–Crippen LogP) is 0.434. The van der Waals surface area contributed by atoms with Gasteiger partial charge in [0.25, 0.3) is 0 Å². The molecule has 2 rings (SSSR count). The van der Waals surface area contributed by atoms with Crippen molar-refractivity contribution in [2.75, 3.05) is 33.4 Å². The molecule has 0 aliphatic carbocycles. The number of methoxy groups -OCH3 is 1. The fraction of sp³-hybridized carbons (Fsp3) is 0.750. The van der Waals surface area contributed by atoms with E-state index in [1.165, 1.54) is 6.20 Å². The maximum atomic E-state index is 12.3. The molecule has 0 amide bonds. The van der Waals surface area contributed by atoms with Crippen molar-refractivity contribution >= 4 is 22.4 Å². The zero-order chi connectivity index (χ0) is 14.6. The number of halogens is 1. The topological polar surface area (TPSA) is 96.1 Å². The average molecular weight is 339 g/mol. The van der Waals surface area contributed by atoms with E-state index in [-0.39, 0.29) is 22.7 Å². The SMILES string of the molecule is COCC1(CNS(=O)(=O)c2cn[nH]c2C)CCNCC1.Cl. The maximum absolute atomic E-state index is 12.3. The lowest BCUT2D eigenvalue weighted by atomic mass is 9.80. The molecule has 1 aromatic heterocycles. The van der Waals surface area contributed by atoms with Crippen molar-refractivity contribution in [1.29, 1.82) is 0 Å². The Kier molecular flexibility index (Phi) is 6.61. The van der Waals surface area contributed by atoms with E-state index in [9.17, 15) is 8.42 Å². The minimum absolute atomic E-state index is 0. The highest BCUT2D eigenvalue weighted by atomic mass is 35.5. The largest absolute Gasteiger partial charge is 0.384 e. The van der Waals surface area contributed by atoms with Gasteiger partial charge in [-0.15, -0.1) is 12.4 Å². The van der Waals surface area contributed by atoms with Gasteiger partial charge in [-0.3, -0.25) is 5.10 Å². The summed E-state index contributed by atoms with van der Waals surface area (Å²) < 4.78 is 32.5. The molecule has 3 N–H and O–H groups in total. The summed E-state index contributed by atoms with van der Waals surface area (Å²) in [5, 5.41) is 9.69. The average Bonchev–Trinajstić information content (AvgIpc) is 2.85. The number of sulfonamides is 1. The first-order valence-corrected chi connectivity index (χ1v) is 8.17. The van der Waals surface area contributed by atoms with Crippen molar-refractivity contribution < 1.29 is 13.2 Å². The summed E-state index contributed by atoms with van der Waals surface area (Å²) in [5.41, 5.74) is 0.411. The van der Waals surface area contributed by atoms with Crippen LogP contribution in [0, 0.1) is 12.3 Å². The summed E-state index contributed by atoms with van der Waals surface area (Å²) in [6.45, 7) is 4.40. The predicted molar refractivity (Wildman–Crippen MR) is 82.2 cm³/mol. The molecule has 0 atom stereocenters. The molecule has 122 valence electrons. The second-order valence-electron chi connectivity index (χ2n) is 5.37. The molecule has 1 aliphatic rings. The van der Waals surface area contributed by atoms with E-state index in [4.69, 9.17) is 4.74 Å². The molecule has 0 aromatic carbocycles. The van der Waals surface area contributed by atoms with Gasteiger partial charge >= 0.3 is 0 Å². The lowest BCUT2D eigenvalue weighted by Gasteiger charge is -2.37. The number of aromatic nitrogens is 2. The minimum Gasteiger partial charge on any atom is -0.384 e. The Bertz CT molecular complexity index is 535. The van der Waals surface area contributed by atoms with E-state index < -0.39 is 10.0 Å². The molecule has 1 saturated heterocycles. The second-order valence-corrected chi connectivity index (χ2v) is 7.10. The normalized spacial score (nSPS) is 18.2. The van der Waals surface area contributed by atoms with E-state index in [1.54, 1.807) is 14.0 Å². The van der Waals surface area contributed by atoms with Crippen LogP contribution in [0.2, 0.25) is 0 Å². The van der Waals surface area contributed by atoms with Gasteiger partial charge in [0, 0.05) is 19.1 Å². The summed E-state index contributed by atoms with van der Waals surface area (Å²) in [5.74, 6) is 0. The number of ether oxygens (including phenoxy) is 1. The Morgan fingerprint density at radius 1 is 1.43 bits per heavy atom. The van der Waals surface area contributed by atoms with E-state index in [0.29, 0.717) is 18.8 Å². The summed E-state index contributed by atoms with van der Waals surface area (Å²) in [7, 11) is -1.87. The third kappa shape index (κ3) is 4.40.